The summed E-state index contributed by atoms with van der Waals surface area (Å²) in [5.41, 5.74) is 1.89. The Morgan fingerprint density at radius 2 is 1.43 bits per heavy atom. The number of ether oxygens (including phenoxy) is 1. The second-order valence-electron chi connectivity index (χ2n) is 7.86. The average Bonchev–Trinajstić information content (AvgIpc) is 2.53. The number of fused-ring (bicyclic) bond motifs is 3. The smallest absolute Gasteiger partial charge is 0.331 e. The van der Waals surface area contributed by atoms with Crippen molar-refractivity contribution in [1.29, 1.82) is 0 Å². The van der Waals surface area contributed by atoms with Crippen LogP contribution in [0.1, 0.15) is 159 Å². The Kier molecular flexibility index (Phi) is 44.9. The molecule has 232 valence electrons. The van der Waals surface area contributed by atoms with Gasteiger partial charge in [0.15, 0.2) is 0 Å². The molecule has 0 saturated heterocycles. The van der Waals surface area contributed by atoms with Crippen LogP contribution >= 0.6 is 0 Å². The number of hydrogen-bond acceptors (Lipinski definition) is 3. The summed E-state index contributed by atoms with van der Waals surface area (Å²) >= 11 is 0. The zero-order valence-electron chi connectivity index (χ0n) is 15.3. The Bertz CT molecular complexity index is 705. The summed E-state index contributed by atoms with van der Waals surface area (Å²) in [6.45, 7) is 6.30. The van der Waals surface area contributed by atoms with Gasteiger partial charge in [0.2, 0.25) is 0 Å². The first-order valence-electron chi connectivity index (χ1n) is 9.32. The maximum Gasteiger partial charge on any atom is 0.331 e. The number of carboxylic acid groups (broad SMARTS) is 1. The number of hydrogen-bond donors (Lipinski definition) is 2. The van der Waals surface area contributed by atoms with Crippen LogP contribution < -0.4 is 4.74 Å². The summed E-state index contributed by atoms with van der Waals surface area (Å²) in [6.07, 6.45) is 7.47. The van der Waals surface area contributed by atoms with Crippen molar-refractivity contribution in [3.63, 3.8) is 0 Å². The lowest BCUT2D eigenvalue weighted by Crippen LogP contribution is -2.45. The average molecular weight is 537 g/mol. The molecule has 1 aliphatic heterocycles. The van der Waals surface area contributed by atoms with Crippen molar-refractivity contribution >= 4 is 5.97 Å². The molecule has 0 saturated carbocycles. The van der Waals surface area contributed by atoms with Crippen LogP contribution in [0, 0.1) is 5.92 Å². The fourth-order valence-electron chi connectivity index (χ4n) is 4.32. The number of rotatable bonds is 5. The minimum absolute atomic E-state index is 0. The van der Waals surface area contributed by atoms with E-state index < -0.39 is 5.97 Å². The van der Waals surface area contributed by atoms with Gasteiger partial charge < -0.3 is 14.9 Å². The van der Waals surface area contributed by atoms with Crippen LogP contribution in [0.4, 0.5) is 0 Å². The third-order valence-electron chi connectivity index (χ3n) is 5.66. The maximum absolute atomic E-state index is 11.4. The fourth-order valence-corrected chi connectivity index (χ4v) is 4.32. The van der Waals surface area contributed by atoms with Crippen molar-refractivity contribution in [2.24, 2.45) is 5.92 Å². The zero-order valence-corrected chi connectivity index (χ0v) is 15.3. The first-order valence-corrected chi connectivity index (χ1v) is 9.32. The molecule has 2 atom stereocenters. The zero-order chi connectivity index (χ0) is 18.2. The molecule has 0 radical (unpaired) electrons. The van der Waals surface area contributed by atoms with Crippen molar-refractivity contribution in [1.82, 2.24) is 0 Å². The predicted octanol–water partition coefficient (Wildman–Crippen LogP) is 12.4. The van der Waals surface area contributed by atoms with Crippen LogP contribution in [0.15, 0.2) is 23.8 Å². The summed E-state index contributed by atoms with van der Waals surface area (Å²) in [5.74, 6) is 0.140. The molecule has 1 unspecified atom stereocenters. The Balaban J connectivity index is -0.0000000759. The van der Waals surface area contributed by atoms with Gasteiger partial charge in [0.1, 0.15) is 17.1 Å². The number of allylic oxidation sites excluding steroid dienone is 1. The van der Waals surface area contributed by atoms with Gasteiger partial charge >= 0.3 is 5.97 Å². The fraction of sp³-hybridized carbons (Fsp3) is 0.727. The van der Waals surface area contributed by atoms with E-state index >= 15 is 0 Å². The molecule has 4 nitrogen and oxygen atoms in total. The Hall–Kier alpha value is -1.97. The van der Waals surface area contributed by atoms with E-state index in [1.54, 1.807) is 0 Å². The molecule has 0 spiro atoms. The molecule has 1 aromatic carbocycles. The van der Waals surface area contributed by atoms with Crippen molar-refractivity contribution < 1.29 is 19.7 Å². The van der Waals surface area contributed by atoms with Crippen molar-refractivity contribution in [2.45, 2.75) is 160 Å². The van der Waals surface area contributed by atoms with Gasteiger partial charge in [-0.25, -0.2) is 4.79 Å². The number of carbonyl (C=O) groups is 1. The normalized spacial score (nSPS) is 16.1. The number of phenolic OH excluding ortho intramolecular Hbond substituents is 1. The number of benzene rings is 1. The lowest BCUT2D eigenvalue weighted by molar-refractivity contribution is -0.133. The SMILES string of the molecule is C.C.C.C.C.C.C.C.C.C.C.C.CCCCCc1cc(O)c2c(c1)OC(C)(C)C1CCC(C(=O)O)=C[C@H]21. The largest absolute Gasteiger partial charge is 0.507 e. The van der Waals surface area contributed by atoms with E-state index in [2.05, 4.69) is 20.8 Å². The number of aliphatic carboxylic acids is 1. The van der Waals surface area contributed by atoms with Gasteiger partial charge in [0.25, 0.3) is 0 Å². The highest BCUT2D eigenvalue weighted by molar-refractivity contribution is 5.87. The molecule has 3 rings (SSSR count). The van der Waals surface area contributed by atoms with Crippen molar-refractivity contribution in [3.8, 4) is 11.5 Å². The Morgan fingerprint density at radius 3 is 1.89 bits per heavy atom. The predicted molar refractivity (Wildman–Crippen MR) is 178 cm³/mol. The number of unbranched alkanes of at least 4 members (excludes halogenated alkanes) is 2. The summed E-state index contributed by atoms with van der Waals surface area (Å²) in [6, 6.07) is 3.86. The van der Waals surface area contributed by atoms with Crippen LogP contribution in [0.2, 0.25) is 0 Å². The van der Waals surface area contributed by atoms with Crippen LogP contribution in [-0.4, -0.2) is 21.8 Å². The minimum Gasteiger partial charge on any atom is -0.507 e. The van der Waals surface area contributed by atoms with Gasteiger partial charge in [0.05, 0.1) is 0 Å². The van der Waals surface area contributed by atoms with Gasteiger partial charge in [-0.3, -0.25) is 0 Å². The highest BCUT2D eigenvalue weighted by Crippen LogP contribution is 2.53. The monoisotopic (exact) mass is 537 g/mol. The van der Waals surface area contributed by atoms with Gasteiger partial charge in [-0.1, -0.05) is 115 Å². The molecule has 37 heavy (non-hydrogen) atoms. The molecule has 2 aliphatic rings. The molecule has 1 aliphatic carbocycles. The van der Waals surface area contributed by atoms with Gasteiger partial charge in [-0.05, 0) is 57.2 Å². The van der Waals surface area contributed by atoms with Crippen LogP contribution in [0.5, 0.6) is 11.5 Å². The van der Waals surface area contributed by atoms with Crippen molar-refractivity contribution in [3.05, 3.63) is 34.9 Å². The summed E-state index contributed by atoms with van der Waals surface area (Å²) < 4.78 is 6.28. The number of aromatic hydroxyl groups is 1. The van der Waals surface area contributed by atoms with Gasteiger partial charge in [-0.2, -0.15) is 0 Å². The lowest BCUT2D eigenvalue weighted by Gasteiger charge is -2.46. The van der Waals surface area contributed by atoms with Crippen LogP contribution in [-0.2, 0) is 11.2 Å². The van der Waals surface area contributed by atoms with E-state index in [1.807, 2.05) is 18.2 Å². The molecular formula is C33H76O4. The molecule has 1 aromatic rings. The molecule has 0 amide bonds. The number of aryl methyl sites for hydroxylation is 1. The third-order valence-corrected chi connectivity index (χ3v) is 5.66. The van der Waals surface area contributed by atoms with Gasteiger partial charge in [-0.15, -0.1) is 0 Å². The second-order valence-corrected chi connectivity index (χ2v) is 7.86. The molecule has 0 fully saturated rings. The number of carboxylic acids is 1. The van der Waals surface area contributed by atoms with Crippen molar-refractivity contribution in [2.75, 3.05) is 0 Å². The molecule has 0 aromatic heterocycles. The van der Waals surface area contributed by atoms with Crippen LogP contribution in [0.25, 0.3) is 0 Å². The maximum atomic E-state index is 11.4. The standard InChI is InChI=1S/C21H28O4.12CH4/c1-4-5-6-7-13-10-17(22)19-15-12-14(20(23)24)8-9-16(15)21(2,3)25-18(19)11-13;;;;;;;;;;;;/h10-12,15-16,22H,4-9H2,1-3H3,(H,23,24);12*1H4/t15-,16?;;;;;;;;;;;;/m0............/s1. The molecule has 4 heteroatoms. The van der Waals surface area contributed by atoms with E-state index in [-0.39, 0.29) is 112 Å². The first-order chi connectivity index (χ1) is 11.8. The quantitative estimate of drug-likeness (QED) is 0.367. The van der Waals surface area contributed by atoms with E-state index in [0.717, 1.165) is 36.8 Å². The summed E-state index contributed by atoms with van der Waals surface area (Å²) in [5, 5.41) is 20.0. The summed E-state index contributed by atoms with van der Waals surface area (Å²) in [4.78, 5) is 11.4. The van der Waals surface area contributed by atoms with E-state index in [1.165, 1.54) is 6.42 Å². The minimum atomic E-state index is -0.861. The molecule has 1 heterocycles. The Labute approximate surface area is 238 Å². The van der Waals surface area contributed by atoms with Crippen LogP contribution in [0.3, 0.4) is 0 Å². The van der Waals surface area contributed by atoms with Gasteiger partial charge in [0, 0.05) is 23.0 Å². The van der Waals surface area contributed by atoms with E-state index in [0.29, 0.717) is 17.7 Å². The molecule has 2 N–H and O–H groups in total. The van der Waals surface area contributed by atoms with E-state index in [9.17, 15) is 15.0 Å². The first kappa shape index (κ1) is 64.8. The second kappa shape index (κ2) is 25.7. The highest BCUT2D eigenvalue weighted by atomic mass is 16.5. The molecular weight excluding hydrogens is 460 g/mol. The topological polar surface area (TPSA) is 66.8 Å². The lowest BCUT2D eigenvalue weighted by atomic mass is 9.67. The Morgan fingerprint density at radius 1 is 0.919 bits per heavy atom. The third kappa shape index (κ3) is 13.4. The highest BCUT2D eigenvalue weighted by Gasteiger charge is 2.46. The molecule has 0 bridgehead atoms. The number of phenols is 1. The summed E-state index contributed by atoms with van der Waals surface area (Å²) in [7, 11) is 0. The van der Waals surface area contributed by atoms with E-state index in [4.69, 9.17) is 4.74 Å².